The zero-order valence-corrected chi connectivity index (χ0v) is 13.0. The molecule has 3 heterocycles. The van der Waals surface area contributed by atoms with Crippen molar-refractivity contribution < 1.29 is 4.74 Å². The topological polar surface area (TPSA) is 64.3 Å². The summed E-state index contributed by atoms with van der Waals surface area (Å²) in [5.74, 6) is 0.740. The van der Waals surface area contributed by atoms with Crippen LogP contribution in [-0.2, 0) is 6.54 Å². The lowest BCUT2D eigenvalue weighted by Gasteiger charge is -2.31. The summed E-state index contributed by atoms with van der Waals surface area (Å²) in [6.45, 7) is 5.06. The van der Waals surface area contributed by atoms with E-state index in [4.69, 9.17) is 10.5 Å². The number of piperidine rings is 1. The van der Waals surface area contributed by atoms with Gasteiger partial charge in [0.15, 0.2) is 5.13 Å². The van der Waals surface area contributed by atoms with Gasteiger partial charge in [-0.3, -0.25) is 4.90 Å². The number of aromatic nitrogens is 2. The molecule has 1 fully saturated rings. The number of likely N-dealkylation sites (tertiary alicyclic amines) is 1. The third-order valence-electron chi connectivity index (χ3n) is 3.66. The number of nitrogen functional groups attached to an aromatic ring is 1. The lowest BCUT2D eigenvalue weighted by Crippen LogP contribution is -2.37. The molecule has 3 rings (SSSR count). The van der Waals surface area contributed by atoms with Crippen molar-refractivity contribution in [1.29, 1.82) is 0 Å². The van der Waals surface area contributed by atoms with E-state index in [0.29, 0.717) is 5.13 Å². The fourth-order valence-corrected chi connectivity index (χ4v) is 3.27. The minimum Gasteiger partial charge on any atom is -0.474 e. The Balaban J connectivity index is 1.48. The van der Waals surface area contributed by atoms with Crippen LogP contribution >= 0.6 is 11.3 Å². The summed E-state index contributed by atoms with van der Waals surface area (Å²) < 4.78 is 5.97. The number of hydrogen-bond acceptors (Lipinski definition) is 6. The normalized spacial score (nSPS) is 17.0. The molecule has 0 saturated carbocycles. The van der Waals surface area contributed by atoms with E-state index in [0.717, 1.165) is 38.4 Å². The van der Waals surface area contributed by atoms with Crippen molar-refractivity contribution in [2.24, 2.45) is 0 Å². The zero-order chi connectivity index (χ0) is 14.7. The zero-order valence-electron chi connectivity index (χ0n) is 12.2. The summed E-state index contributed by atoms with van der Waals surface area (Å²) in [4.78, 5) is 12.0. The second-order valence-electron chi connectivity index (χ2n) is 5.43. The van der Waals surface area contributed by atoms with Gasteiger partial charge in [0, 0.05) is 43.0 Å². The monoisotopic (exact) mass is 304 g/mol. The van der Waals surface area contributed by atoms with Crippen molar-refractivity contribution in [2.45, 2.75) is 32.4 Å². The smallest absolute Gasteiger partial charge is 0.213 e. The van der Waals surface area contributed by atoms with Crippen molar-refractivity contribution in [3.63, 3.8) is 0 Å². The summed E-state index contributed by atoms with van der Waals surface area (Å²) >= 11 is 1.57. The van der Waals surface area contributed by atoms with Gasteiger partial charge in [0.25, 0.3) is 0 Å². The van der Waals surface area contributed by atoms with Crippen LogP contribution in [0.3, 0.4) is 0 Å². The first kappa shape index (κ1) is 14.3. The molecular formula is C15H20N4OS. The third kappa shape index (κ3) is 3.92. The Morgan fingerprint density at radius 3 is 2.86 bits per heavy atom. The van der Waals surface area contributed by atoms with Gasteiger partial charge in [0.2, 0.25) is 5.88 Å². The van der Waals surface area contributed by atoms with Gasteiger partial charge in [-0.1, -0.05) is 0 Å². The van der Waals surface area contributed by atoms with Crippen LogP contribution in [-0.4, -0.2) is 34.1 Å². The molecule has 0 amide bonds. The number of aryl methyl sites for hydroxylation is 1. The highest BCUT2D eigenvalue weighted by Crippen LogP contribution is 2.21. The average molecular weight is 304 g/mol. The Bertz CT molecular complexity index is 593. The maximum atomic E-state index is 5.97. The van der Waals surface area contributed by atoms with Crippen LogP contribution in [0.5, 0.6) is 5.88 Å². The molecular weight excluding hydrogens is 284 g/mol. The number of pyridine rings is 1. The first-order valence-electron chi connectivity index (χ1n) is 7.21. The molecule has 2 aromatic heterocycles. The summed E-state index contributed by atoms with van der Waals surface area (Å²) in [6.07, 6.45) is 6.00. The van der Waals surface area contributed by atoms with Crippen LogP contribution in [0.15, 0.2) is 24.5 Å². The molecule has 0 atom stereocenters. The lowest BCUT2D eigenvalue weighted by atomic mass is 10.1. The average Bonchev–Trinajstić information content (AvgIpc) is 2.86. The summed E-state index contributed by atoms with van der Waals surface area (Å²) in [5, 5.41) is 0.647. The molecule has 112 valence electrons. The summed E-state index contributed by atoms with van der Waals surface area (Å²) in [6, 6.07) is 3.97. The van der Waals surface area contributed by atoms with Crippen LogP contribution in [0, 0.1) is 6.92 Å². The fraction of sp³-hybridized carbons (Fsp3) is 0.467. The van der Waals surface area contributed by atoms with Gasteiger partial charge in [-0.05, 0) is 31.4 Å². The number of ether oxygens (including phenoxy) is 1. The predicted molar refractivity (Wildman–Crippen MR) is 84.4 cm³/mol. The van der Waals surface area contributed by atoms with Crippen molar-refractivity contribution in [3.05, 3.63) is 35.0 Å². The Morgan fingerprint density at radius 2 is 2.19 bits per heavy atom. The van der Waals surface area contributed by atoms with E-state index >= 15 is 0 Å². The number of anilines is 1. The van der Waals surface area contributed by atoms with E-state index < -0.39 is 0 Å². The Kier molecular flexibility index (Phi) is 4.36. The maximum Gasteiger partial charge on any atom is 0.213 e. The molecule has 0 unspecified atom stereocenters. The van der Waals surface area contributed by atoms with Crippen molar-refractivity contribution >= 4 is 16.5 Å². The highest BCUT2D eigenvalue weighted by Gasteiger charge is 2.21. The maximum absolute atomic E-state index is 5.97. The van der Waals surface area contributed by atoms with Gasteiger partial charge in [-0.25, -0.2) is 9.97 Å². The number of nitrogens with zero attached hydrogens (tertiary/aromatic N) is 3. The highest BCUT2D eigenvalue weighted by atomic mass is 32.1. The molecule has 0 radical (unpaired) electrons. The second kappa shape index (κ2) is 6.41. The van der Waals surface area contributed by atoms with E-state index in [1.165, 1.54) is 10.4 Å². The molecule has 5 nitrogen and oxygen atoms in total. The fourth-order valence-electron chi connectivity index (χ4n) is 2.55. The van der Waals surface area contributed by atoms with Gasteiger partial charge in [0.1, 0.15) is 6.10 Å². The number of hydrogen-bond donors (Lipinski definition) is 1. The quantitative estimate of drug-likeness (QED) is 0.940. The molecule has 0 bridgehead atoms. The van der Waals surface area contributed by atoms with Crippen LogP contribution in [0.4, 0.5) is 5.13 Å². The van der Waals surface area contributed by atoms with Gasteiger partial charge in [0.05, 0.1) is 0 Å². The van der Waals surface area contributed by atoms with E-state index in [-0.39, 0.29) is 6.10 Å². The lowest BCUT2D eigenvalue weighted by molar-refractivity contribution is 0.0937. The molecule has 2 N–H and O–H groups in total. The molecule has 0 spiro atoms. The third-order valence-corrected chi connectivity index (χ3v) is 4.47. The first-order chi connectivity index (χ1) is 10.2. The molecule has 0 aliphatic carbocycles. The molecule has 1 aliphatic rings. The van der Waals surface area contributed by atoms with Gasteiger partial charge >= 0.3 is 0 Å². The molecule has 6 heteroatoms. The van der Waals surface area contributed by atoms with Crippen LogP contribution in [0.2, 0.25) is 0 Å². The Morgan fingerprint density at radius 1 is 1.38 bits per heavy atom. The second-order valence-corrected chi connectivity index (χ2v) is 6.58. The summed E-state index contributed by atoms with van der Waals surface area (Å²) in [5.41, 5.74) is 6.85. The van der Waals surface area contributed by atoms with Crippen molar-refractivity contribution in [2.75, 3.05) is 18.8 Å². The number of rotatable bonds is 4. The van der Waals surface area contributed by atoms with Crippen LogP contribution in [0.1, 0.15) is 23.3 Å². The standard InChI is InChI=1S/C15H20N4OS/c1-11-2-5-17-14(8-11)20-12-3-6-19(7-4-12)10-13-9-18-15(16)21-13/h2,5,8-9,12H,3-4,6-7,10H2,1H3,(H2,16,18). The highest BCUT2D eigenvalue weighted by molar-refractivity contribution is 7.15. The summed E-state index contributed by atoms with van der Waals surface area (Å²) in [7, 11) is 0. The van der Waals surface area contributed by atoms with E-state index in [1.807, 2.05) is 18.3 Å². The minimum atomic E-state index is 0.266. The number of thiazole rings is 1. The van der Waals surface area contributed by atoms with Gasteiger partial charge in [-0.15, -0.1) is 11.3 Å². The van der Waals surface area contributed by atoms with Crippen LogP contribution in [0.25, 0.3) is 0 Å². The van der Waals surface area contributed by atoms with Gasteiger partial charge in [-0.2, -0.15) is 0 Å². The Labute approximate surface area is 128 Å². The predicted octanol–water partition coefficient (Wildman–Crippen LogP) is 2.47. The van der Waals surface area contributed by atoms with Crippen LogP contribution < -0.4 is 10.5 Å². The molecule has 2 aromatic rings. The molecule has 1 saturated heterocycles. The molecule has 0 aromatic carbocycles. The van der Waals surface area contributed by atoms with Crippen molar-refractivity contribution in [1.82, 2.24) is 14.9 Å². The van der Waals surface area contributed by atoms with E-state index in [9.17, 15) is 0 Å². The van der Waals surface area contributed by atoms with E-state index in [2.05, 4.69) is 21.8 Å². The minimum absolute atomic E-state index is 0.266. The molecule has 1 aliphatic heterocycles. The van der Waals surface area contributed by atoms with Crippen molar-refractivity contribution in [3.8, 4) is 5.88 Å². The van der Waals surface area contributed by atoms with Gasteiger partial charge < -0.3 is 10.5 Å². The SMILES string of the molecule is Cc1ccnc(OC2CCN(Cc3cnc(N)s3)CC2)c1. The first-order valence-corrected chi connectivity index (χ1v) is 8.02. The Hall–Kier alpha value is -1.66. The molecule has 21 heavy (non-hydrogen) atoms. The number of nitrogens with two attached hydrogens (primary N) is 1. The largest absolute Gasteiger partial charge is 0.474 e. The van der Waals surface area contributed by atoms with E-state index in [1.54, 1.807) is 17.5 Å².